The van der Waals surface area contributed by atoms with Gasteiger partial charge in [0.1, 0.15) is 5.75 Å². The minimum atomic E-state index is 0.303. The van der Waals surface area contributed by atoms with Crippen molar-refractivity contribution in [1.82, 2.24) is 0 Å². The molecule has 76 valence electrons. The average molecular weight is 216 g/mol. The fraction of sp³-hybridized carbons (Fsp3) is 0.0769. The van der Waals surface area contributed by atoms with Gasteiger partial charge in [-0.05, 0) is 35.5 Å². The van der Waals surface area contributed by atoms with Gasteiger partial charge < -0.3 is 5.11 Å². The Hall–Kier alpha value is -1.33. The second-order valence-electron chi connectivity index (χ2n) is 3.64. The lowest BCUT2D eigenvalue weighted by atomic mass is 10.0. The highest BCUT2D eigenvalue weighted by molar-refractivity contribution is 7.28. The molecule has 1 atom stereocenters. The maximum absolute atomic E-state index is 9.22. The molecule has 1 N–H and O–H groups in total. The van der Waals surface area contributed by atoms with Gasteiger partial charge in [0, 0.05) is 0 Å². The van der Waals surface area contributed by atoms with E-state index in [0.29, 0.717) is 5.75 Å². The van der Waals surface area contributed by atoms with Crippen molar-refractivity contribution in [3.63, 3.8) is 0 Å². The molecule has 2 heteroatoms. The lowest BCUT2D eigenvalue weighted by Gasteiger charge is -2.07. The van der Waals surface area contributed by atoms with Crippen molar-refractivity contribution in [2.75, 3.05) is 0 Å². The summed E-state index contributed by atoms with van der Waals surface area (Å²) in [4.78, 5) is 0. The molecular formula is C13H13OP. The predicted octanol–water partition coefficient (Wildman–Crippen LogP) is 2.87. The second kappa shape index (κ2) is 4.04. The van der Waals surface area contributed by atoms with Gasteiger partial charge in [-0.3, -0.25) is 0 Å². The number of phenolic OH excluding ortho intramolecular Hbond substituents is 1. The predicted molar refractivity (Wildman–Crippen MR) is 67.6 cm³/mol. The second-order valence-corrected chi connectivity index (χ2v) is 4.26. The first-order chi connectivity index (χ1) is 7.16. The van der Waals surface area contributed by atoms with Crippen molar-refractivity contribution < 1.29 is 5.11 Å². The number of aromatic hydroxyl groups is 1. The number of phenols is 1. The highest BCUT2D eigenvalue weighted by Crippen LogP contribution is 2.22. The first kappa shape index (κ1) is 10.2. The Kier molecular flexibility index (Phi) is 2.75. The summed E-state index contributed by atoms with van der Waals surface area (Å²) in [5, 5.41) is 10.4. The number of rotatable bonds is 1. The molecule has 0 radical (unpaired) electrons. The topological polar surface area (TPSA) is 20.2 Å². The summed E-state index contributed by atoms with van der Waals surface area (Å²) < 4.78 is 0. The largest absolute Gasteiger partial charge is 0.508 e. The normalized spacial score (nSPS) is 10.3. The van der Waals surface area contributed by atoms with Gasteiger partial charge in [0.05, 0.1) is 0 Å². The molecular weight excluding hydrogens is 203 g/mol. The van der Waals surface area contributed by atoms with Gasteiger partial charge in [0.25, 0.3) is 0 Å². The fourth-order valence-corrected chi connectivity index (χ4v) is 1.91. The summed E-state index contributed by atoms with van der Waals surface area (Å²) in [5.74, 6) is 0.303. The number of aryl methyl sites for hydroxylation is 1. The highest BCUT2D eigenvalue weighted by atomic mass is 31.0. The standard InChI is InChI=1S/C13H13OP/c1-9-2-7-13(15)12(8-9)10-3-5-11(14)6-4-10/h2-8,14H,15H2,1H3. The van der Waals surface area contributed by atoms with Crippen molar-refractivity contribution >= 4 is 14.5 Å². The third-order valence-electron chi connectivity index (χ3n) is 2.39. The zero-order valence-corrected chi connectivity index (χ0v) is 9.72. The van der Waals surface area contributed by atoms with Crippen LogP contribution in [0.25, 0.3) is 11.1 Å². The van der Waals surface area contributed by atoms with Crippen molar-refractivity contribution in [3.8, 4) is 16.9 Å². The Morgan fingerprint density at radius 1 is 1.00 bits per heavy atom. The quantitative estimate of drug-likeness (QED) is 0.727. The smallest absolute Gasteiger partial charge is 0.115 e. The van der Waals surface area contributed by atoms with E-state index >= 15 is 0 Å². The Morgan fingerprint density at radius 3 is 2.33 bits per heavy atom. The molecule has 0 aliphatic carbocycles. The van der Waals surface area contributed by atoms with Crippen LogP contribution in [0.15, 0.2) is 42.5 Å². The highest BCUT2D eigenvalue weighted by Gasteiger charge is 2.01. The van der Waals surface area contributed by atoms with Gasteiger partial charge >= 0.3 is 0 Å². The summed E-state index contributed by atoms with van der Waals surface area (Å²) in [6.45, 7) is 2.08. The van der Waals surface area contributed by atoms with Gasteiger partial charge in [0.15, 0.2) is 0 Å². The van der Waals surface area contributed by atoms with Crippen LogP contribution in [0.5, 0.6) is 5.75 Å². The van der Waals surface area contributed by atoms with Crippen LogP contribution in [0.3, 0.4) is 0 Å². The molecule has 15 heavy (non-hydrogen) atoms. The van der Waals surface area contributed by atoms with Crippen LogP contribution in [0, 0.1) is 6.92 Å². The van der Waals surface area contributed by atoms with Crippen LogP contribution >= 0.6 is 9.24 Å². The third-order valence-corrected chi connectivity index (χ3v) is 2.89. The lowest BCUT2D eigenvalue weighted by Crippen LogP contribution is -1.96. The van der Waals surface area contributed by atoms with E-state index in [0.717, 1.165) is 5.56 Å². The van der Waals surface area contributed by atoms with Gasteiger partial charge in [0.2, 0.25) is 0 Å². The molecule has 0 saturated heterocycles. The Morgan fingerprint density at radius 2 is 1.67 bits per heavy atom. The minimum Gasteiger partial charge on any atom is -0.508 e. The molecule has 0 heterocycles. The lowest BCUT2D eigenvalue weighted by molar-refractivity contribution is 0.475. The average Bonchev–Trinajstić information content (AvgIpc) is 2.23. The first-order valence-corrected chi connectivity index (χ1v) is 5.40. The van der Waals surface area contributed by atoms with Gasteiger partial charge in [-0.25, -0.2) is 0 Å². The van der Waals surface area contributed by atoms with Crippen LogP contribution in [0.1, 0.15) is 5.56 Å². The van der Waals surface area contributed by atoms with Crippen molar-refractivity contribution in [2.45, 2.75) is 6.92 Å². The molecule has 0 spiro atoms. The molecule has 0 saturated carbocycles. The fourth-order valence-electron chi connectivity index (χ4n) is 1.56. The van der Waals surface area contributed by atoms with E-state index in [-0.39, 0.29) is 0 Å². The van der Waals surface area contributed by atoms with Crippen molar-refractivity contribution in [2.24, 2.45) is 0 Å². The summed E-state index contributed by atoms with van der Waals surface area (Å²) in [6.07, 6.45) is 0. The van der Waals surface area contributed by atoms with Crippen molar-refractivity contribution in [1.29, 1.82) is 0 Å². The summed E-state index contributed by atoms with van der Waals surface area (Å²) >= 11 is 0. The molecule has 1 nitrogen and oxygen atoms in total. The van der Waals surface area contributed by atoms with E-state index < -0.39 is 0 Å². The monoisotopic (exact) mass is 216 g/mol. The zero-order valence-electron chi connectivity index (χ0n) is 8.57. The van der Waals surface area contributed by atoms with E-state index in [4.69, 9.17) is 0 Å². The number of benzene rings is 2. The summed E-state index contributed by atoms with van der Waals surface area (Å²) in [6, 6.07) is 13.6. The van der Waals surface area contributed by atoms with Crippen LogP contribution in [-0.4, -0.2) is 5.11 Å². The summed E-state index contributed by atoms with van der Waals surface area (Å²) in [5.41, 5.74) is 3.56. The van der Waals surface area contributed by atoms with Gasteiger partial charge in [-0.15, -0.1) is 9.24 Å². The van der Waals surface area contributed by atoms with E-state index in [1.54, 1.807) is 12.1 Å². The first-order valence-electron chi connectivity index (χ1n) is 4.82. The van der Waals surface area contributed by atoms with Crippen LogP contribution in [0.4, 0.5) is 0 Å². The Bertz CT molecular complexity index is 474. The molecule has 1 unspecified atom stereocenters. The summed E-state index contributed by atoms with van der Waals surface area (Å²) in [7, 11) is 2.73. The molecule has 0 bridgehead atoms. The van der Waals surface area contributed by atoms with E-state index in [1.165, 1.54) is 16.4 Å². The molecule has 0 amide bonds. The van der Waals surface area contributed by atoms with Gasteiger partial charge in [-0.1, -0.05) is 35.9 Å². The number of hydrogen-bond donors (Lipinski definition) is 1. The van der Waals surface area contributed by atoms with Gasteiger partial charge in [-0.2, -0.15) is 0 Å². The molecule has 0 aliphatic heterocycles. The maximum atomic E-state index is 9.22. The van der Waals surface area contributed by atoms with E-state index in [9.17, 15) is 5.11 Å². The minimum absolute atomic E-state index is 0.303. The molecule has 2 rings (SSSR count). The van der Waals surface area contributed by atoms with E-state index in [2.05, 4.69) is 34.4 Å². The van der Waals surface area contributed by atoms with Crippen LogP contribution in [0.2, 0.25) is 0 Å². The third kappa shape index (κ3) is 2.19. The van der Waals surface area contributed by atoms with Crippen LogP contribution in [-0.2, 0) is 0 Å². The SMILES string of the molecule is Cc1ccc(P)c(-c2ccc(O)cc2)c1. The maximum Gasteiger partial charge on any atom is 0.115 e. The molecule has 2 aromatic rings. The van der Waals surface area contributed by atoms with Crippen molar-refractivity contribution in [3.05, 3.63) is 48.0 Å². The Labute approximate surface area is 92.0 Å². The number of hydrogen-bond acceptors (Lipinski definition) is 1. The van der Waals surface area contributed by atoms with Crippen LogP contribution < -0.4 is 5.30 Å². The zero-order chi connectivity index (χ0) is 10.8. The molecule has 0 fully saturated rings. The molecule has 2 aromatic carbocycles. The Balaban J connectivity index is 2.53. The molecule has 0 aromatic heterocycles. The molecule has 0 aliphatic rings. The van der Waals surface area contributed by atoms with E-state index in [1.807, 2.05) is 12.1 Å².